The molecule has 0 aliphatic carbocycles. The minimum atomic E-state index is -0.227. The summed E-state index contributed by atoms with van der Waals surface area (Å²) in [6, 6.07) is 6.68. The van der Waals surface area contributed by atoms with E-state index >= 15 is 0 Å². The topological polar surface area (TPSA) is 61.4 Å². The molecule has 0 bridgehead atoms. The fraction of sp³-hybridized carbons (Fsp3) is 0.389. The molecule has 1 aromatic heterocycles. The summed E-state index contributed by atoms with van der Waals surface area (Å²) in [6.07, 6.45) is 3.47. The highest BCUT2D eigenvalue weighted by atomic mass is 19.1. The molecule has 3 rings (SSSR count). The molecule has 1 aliphatic rings. The largest absolute Gasteiger partial charge is 0.351 e. The van der Waals surface area contributed by atoms with Crippen molar-refractivity contribution in [2.45, 2.75) is 13.5 Å². The van der Waals surface area contributed by atoms with Gasteiger partial charge in [0.15, 0.2) is 0 Å². The van der Waals surface area contributed by atoms with Crippen LogP contribution in [-0.2, 0) is 11.3 Å². The number of nitrogens with zero attached hydrogens (tertiary/aromatic N) is 4. The van der Waals surface area contributed by atoms with Crippen LogP contribution in [0.1, 0.15) is 11.1 Å². The van der Waals surface area contributed by atoms with Crippen molar-refractivity contribution >= 4 is 11.9 Å². The van der Waals surface area contributed by atoms with Crippen LogP contribution in [0.4, 0.5) is 10.3 Å². The Morgan fingerprint density at radius 3 is 2.60 bits per heavy atom. The smallest absolute Gasteiger partial charge is 0.234 e. The van der Waals surface area contributed by atoms with Gasteiger partial charge in [-0.05, 0) is 30.2 Å². The van der Waals surface area contributed by atoms with Gasteiger partial charge in [0.25, 0.3) is 0 Å². The zero-order valence-corrected chi connectivity index (χ0v) is 14.3. The second-order valence-electron chi connectivity index (χ2n) is 6.17. The molecule has 25 heavy (non-hydrogen) atoms. The van der Waals surface area contributed by atoms with E-state index in [2.05, 4.69) is 25.1 Å². The van der Waals surface area contributed by atoms with E-state index in [1.54, 1.807) is 37.5 Å². The number of carbonyl (C=O) groups excluding carboxylic acids is 1. The SMILES string of the molecule is Cc1cc(CNC(=O)CN2CCN(c3ncccn3)CC2)ccc1F. The van der Waals surface area contributed by atoms with Gasteiger partial charge in [-0.15, -0.1) is 0 Å². The van der Waals surface area contributed by atoms with Gasteiger partial charge in [-0.25, -0.2) is 14.4 Å². The van der Waals surface area contributed by atoms with Crippen LogP contribution in [0.5, 0.6) is 0 Å². The number of halogens is 1. The number of hydrogen-bond donors (Lipinski definition) is 1. The number of carbonyl (C=O) groups is 1. The lowest BCUT2D eigenvalue weighted by atomic mass is 10.1. The predicted octanol–water partition coefficient (Wildman–Crippen LogP) is 1.36. The van der Waals surface area contributed by atoms with E-state index in [-0.39, 0.29) is 11.7 Å². The molecule has 1 amide bonds. The van der Waals surface area contributed by atoms with Crippen molar-refractivity contribution < 1.29 is 9.18 Å². The lowest BCUT2D eigenvalue weighted by Gasteiger charge is -2.34. The lowest BCUT2D eigenvalue weighted by Crippen LogP contribution is -2.49. The first kappa shape index (κ1) is 17.3. The summed E-state index contributed by atoms with van der Waals surface area (Å²) < 4.78 is 13.3. The monoisotopic (exact) mass is 343 g/mol. The Labute approximate surface area is 146 Å². The molecular formula is C18H22FN5O. The first-order valence-corrected chi connectivity index (χ1v) is 8.38. The molecule has 0 radical (unpaired) electrons. The number of rotatable bonds is 5. The summed E-state index contributed by atoms with van der Waals surface area (Å²) >= 11 is 0. The van der Waals surface area contributed by atoms with Crippen LogP contribution < -0.4 is 10.2 Å². The zero-order valence-electron chi connectivity index (χ0n) is 14.3. The van der Waals surface area contributed by atoms with Crippen molar-refractivity contribution in [2.24, 2.45) is 0 Å². The number of aryl methyl sites for hydroxylation is 1. The Hall–Kier alpha value is -2.54. The summed E-state index contributed by atoms with van der Waals surface area (Å²) in [7, 11) is 0. The summed E-state index contributed by atoms with van der Waals surface area (Å²) in [6.45, 7) is 5.68. The van der Waals surface area contributed by atoms with E-state index in [1.165, 1.54) is 6.07 Å². The van der Waals surface area contributed by atoms with E-state index in [9.17, 15) is 9.18 Å². The number of piperazine rings is 1. The van der Waals surface area contributed by atoms with E-state index < -0.39 is 0 Å². The second-order valence-corrected chi connectivity index (χ2v) is 6.17. The number of hydrogen-bond acceptors (Lipinski definition) is 5. The third-order valence-electron chi connectivity index (χ3n) is 4.29. The molecular weight excluding hydrogens is 321 g/mol. The van der Waals surface area contributed by atoms with Crippen LogP contribution in [0, 0.1) is 12.7 Å². The van der Waals surface area contributed by atoms with Crippen molar-refractivity contribution in [3.05, 3.63) is 53.6 Å². The quantitative estimate of drug-likeness (QED) is 0.888. The van der Waals surface area contributed by atoms with Crippen LogP contribution in [0.3, 0.4) is 0 Å². The molecule has 6 nitrogen and oxygen atoms in total. The Morgan fingerprint density at radius 1 is 1.20 bits per heavy atom. The van der Waals surface area contributed by atoms with Crippen LogP contribution in [-0.4, -0.2) is 53.5 Å². The Bertz CT molecular complexity index is 717. The Kier molecular flexibility index (Phi) is 5.55. The van der Waals surface area contributed by atoms with Gasteiger partial charge in [0.2, 0.25) is 11.9 Å². The molecule has 1 aromatic carbocycles. The fourth-order valence-electron chi connectivity index (χ4n) is 2.84. The standard InChI is InChI=1S/C18H22FN5O/c1-14-11-15(3-4-16(14)19)12-22-17(25)13-23-7-9-24(10-8-23)18-20-5-2-6-21-18/h2-6,11H,7-10,12-13H2,1H3,(H,22,25). The fourth-order valence-corrected chi connectivity index (χ4v) is 2.84. The minimum Gasteiger partial charge on any atom is -0.351 e. The van der Waals surface area contributed by atoms with Crippen molar-refractivity contribution in [1.82, 2.24) is 20.2 Å². The normalized spacial score (nSPS) is 15.2. The maximum atomic E-state index is 13.3. The second kappa shape index (κ2) is 8.02. The highest BCUT2D eigenvalue weighted by molar-refractivity contribution is 5.78. The molecule has 1 aliphatic heterocycles. The number of amides is 1. The third-order valence-corrected chi connectivity index (χ3v) is 4.29. The van der Waals surface area contributed by atoms with E-state index in [1.807, 2.05) is 0 Å². The number of nitrogens with one attached hydrogen (secondary N) is 1. The molecule has 2 aromatic rings. The van der Waals surface area contributed by atoms with Crippen molar-refractivity contribution in [2.75, 3.05) is 37.6 Å². The highest BCUT2D eigenvalue weighted by Gasteiger charge is 2.20. The molecule has 0 saturated carbocycles. The van der Waals surface area contributed by atoms with Crippen molar-refractivity contribution in [3.63, 3.8) is 0 Å². The third kappa shape index (κ3) is 4.73. The average Bonchev–Trinajstić information content (AvgIpc) is 2.64. The zero-order chi connectivity index (χ0) is 17.6. The van der Waals surface area contributed by atoms with Gasteiger partial charge in [-0.1, -0.05) is 12.1 Å². The molecule has 0 atom stereocenters. The predicted molar refractivity (Wildman–Crippen MR) is 93.7 cm³/mol. The highest BCUT2D eigenvalue weighted by Crippen LogP contribution is 2.10. The summed E-state index contributed by atoms with van der Waals surface area (Å²) in [5.74, 6) is 0.486. The maximum Gasteiger partial charge on any atom is 0.234 e. The van der Waals surface area contributed by atoms with Crippen LogP contribution in [0.15, 0.2) is 36.7 Å². The van der Waals surface area contributed by atoms with Gasteiger partial charge in [0.05, 0.1) is 6.54 Å². The van der Waals surface area contributed by atoms with Gasteiger partial charge in [0.1, 0.15) is 5.82 Å². The minimum absolute atomic E-state index is 0.0219. The first-order valence-electron chi connectivity index (χ1n) is 8.38. The molecule has 2 heterocycles. The summed E-state index contributed by atoms with van der Waals surface area (Å²) in [5, 5.41) is 2.89. The summed E-state index contributed by atoms with van der Waals surface area (Å²) in [5.41, 5.74) is 1.49. The Morgan fingerprint density at radius 2 is 1.92 bits per heavy atom. The lowest BCUT2D eigenvalue weighted by molar-refractivity contribution is -0.122. The van der Waals surface area contributed by atoms with E-state index in [4.69, 9.17) is 0 Å². The molecule has 1 saturated heterocycles. The average molecular weight is 343 g/mol. The van der Waals surface area contributed by atoms with E-state index in [0.717, 1.165) is 37.7 Å². The molecule has 1 fully saturated rings. The van der Waals surface area contributed by atoms with Gasteiger partial charge < -0.3 is 10.2 Å². The Balaban J connectivity index is 1.42. The van der Waals surface area contributed by atoms with Gasteiger partial charge in [-0.2, -0.15) is 0 Å². The van der Waals surface area contributed by atoms with Crippen molar-refractivity contribution in [3.8, 4) is 0 Å². The van der Waals surface area contributed by atoms with Crippen LogP contribution in [0.25, 0.3) is 0 Å². The number of benzene rings is 1. The number of anilines is 1. The molecule has 0 unspecified atom stereocenters. The maximum absolute atomic E-state index is 13.3. The van der Waals surface area contributed by atoms with Gasteiger partial charge in [0, 0.05) is 45.1 Å². The van der Waals surface area contributed by atoms with E-state index in [0.29, 0.717) is 18.7 Å². The van der Waals surface area contributed by atoms with Crippen LogP contribution >= 0.6 is 0 Å². The molecule has 7 heteroatoms. The molecule has 1 N–H and O–H groups in total. The van der Waals surface area contributed by atoms with Crippen LogP contribution in [0.2, 0.25) is 0 Å². The molecule has 0 spiro atoms. The van der Waals surface area contributed by atoms with Crippen molar-refractivity contribution in [1.29, 1.82) is 0 Å². The first-order chi connectivity index (χ1) is 12.1. The van der Waals surface area contributed by atoms with Gasteiger partial charge >= 0.3 is 0 Å². The number of aromatic nitrogens is 2. The van der Waals surface area contributed by atoms with Gasteiger partial charge in [-0.3, -0.25) is 9.69 Å². The molecule has 132 valence electrons. The summed E-state index contributed by atoms with van der Waals surface area (Å²) in [4.78, 5) is 24.9.